The summed E-state index contributed by atoms with van der Waals surface area (Å²) in [5.74, 6) is 0.394. The van der Waals surface area contributed by atoms with Crippen LogP contribution in [-0.4, -0.2) is 12.0 Å². The first kappa shape index (κ1) is 15.4. The Morgan fingerprint density at radius 2 is 1.90 bits per heavy atom. The number of hydrogen-bond acceptors (Lipinski definition) is 4. The number of nitrogens with one attached hydrogen (secondary N) is 1. The molecule has 0 aromatic heterocycles. The van der Waals surface area contributed by atoms with E-state index in [0.717, 1.165) is 5.56 Å². The predicted molar refractivity (Wildman–Crippen MR) is 83.4 cm³/mol. The van der Waals surface area contributed by atoms with E-state index < -0.39 is 4.92 Å². The maximum absolute atomic E-state index is 10.9. The zero-order valence-corrected chi connectivity index (χ0v) is 12.6. The Morgan fingerprint density at radius 1 is 1.24 bits per heavy atom. The molecule has 110 valence electrons. The number of ether oxygens (including phenoxy) is 1. The van der Waals surface area contributed by atoms with Gasteiger partial charge in [-0.2, -0.15) is 0 Å². The molecule has 5 nitrogen and oxygen atoms in total. The van der Waals surface area contributed by atoms with Gasteiger partial charge in [-0.15, -0.1) is 0 Å². The number of nitro benzene ring substituents is 1. The van der Waals surface area contributed by atoms with E-state index in [-0.39, 0.29) is 12.3 Å². The second kappa shape index (κ2) is 6.65. The van der Waals surface area contributed by atoms with Crippen LogP contribution < -0.4 is 10.1 Å². The summed E-state index contributed by atoms with van der Waals surface area (Å²) < 4.78 is 5.59. The minimum Gasteiger partial charge on any atom is -0.486 e. The SMILES string of the molecule is CNc1cc(COc2c(Cl)cccc2Cl)ccc1[N+](=O)[O-]. The van der Waals surface area contributed by atoms with Crippen LogP contribution in [0.4, 0.5) is 11.4 Å². The summed E-state index contributed by atoms with van der Waals surface area (Å²) in [6.07, 6.45) is 0. The van der Waals surface area contributed by atoms with Gasteiger partial charge in [-0.3, -0.25) is 10.1 Å². The van der Waals surface area contributed by atoms with E-state index in [2.05, 4.69) is 5.32 Å². The molecule has 0 radical (unpaired) electrons. The van der Waals surface area contributed by atoms with Gasteiger partial charge < -0.3 is 10.1 Å². The van der Waals surface area contributed by atoms with Gasteiger partial charge >= 0.3 is 0 Å². The maximum atomic E-state index is 10.9. The summed E-state index contributed by atoms with van der Waals surface area (Å²) in [7, 11) is 1.62. The third-order valence-corrected chi connectivity index (χ3v) is 3.42. The third kappa shape index (κ3) is 3.56. The van der Waals surface area contributed by atoms with Crippen molar-refractivity contribution in [3.8, 4) is 5.75 Å². The van der Waals surface area contributed by atoms with E-state index in [0.29, 0.717) is 21.5 Å². The lowest BCUT2D eigenvalue weighted by atomic mass is 10.2. The van der Waals surface area contributed by atoms with Crippen LogP contribution in [0.5, 0.6) is 5.75 Å². The molecule has 0 unspecified atom stereocenters. The van der Waals surface area contributed by atoms with Crippen molar-refractivity contribution in [2.24, 2.45) is 0 Å². The highest BCUT2D eigenvalue weighted by atomic mass is 35.5. The van der Waals surface area contributed by atoms with Crippen molar-refractivity contribution in [3.63, 3.8) is 0 Å². The number of halogens is 2. The second-order valence-electron chi connectivity index (χ2n) is 4.20. The lowest BCUT2D eigenvalue weighted by Crippen LogP contribution is -2.01. The monoisotopic (exact) mass is 326 g/mol. The van der Waals surface area contributed by atoms with Crippen LogP contribution >= 0.6 is 23.2 Å². The maximum Gasteiger partial charge on any atom is 0.292 e. The van der Waals surface area contributed by atoms with Gasteiger partial charge in [-0.1, -0.05) is 29.3 Å². The van der Waals surface area contributed by atoms with Gasteiger partial charge in [0.25, 0.3) is 5.69 Å². The first-order chi connectivity index (χ1) is 10.0. The largest absolute Gasteiger partial charge is 0.486 e. The number of benzene rings is 2. The van der Waals surface area contributed by atoms with Gasteiger partial charge in [0.2, 0.25) is 0 Å². The number of nitrogens with zero attached hydrogens (tertiary/aromatic N) is 1. The van der Waals surface area contributed by atoms with Crippen molar-refractivity contribution in [1.82, 2.24) is 0 Å². The van der Waals surface area contributed by atoms with Crippen molar-refractivity contribution in [3.05, 3.63) is 62.1 Å². The highest BCUT2D eigenvalue weighted by molar-refractivity contribution is 6.37. The lowest BCUT2D eigenvalue weighted by molar-refractivity contribution is -0.384. The quantitative estimate of drug-likeness (QED) is 0.648. The fourth-order valence-corrected chi connectivity index (χ4v) is 2.31. The molecule has 0 aliphatic carbocycles. The van der Waals surface area contributed by atoms with E-state index in [1.807, 2.05) is 0 Å². The molecule has 0 atom stereocenters. The average molecular weight is 327 g/mol. The Bertz CT molecular complexity index is 657. The highest BCUT2D eigenvalue weighted by Crippen LogP contribution is 2.33. The zero-order valence-electron chi connectivity index (χ0n) is 11.1. The summed E-state index contributed by atoms with van der Waals surface area (Å²) in [5, 5.41) is 14.5. The van der Waals surface area contributed by atoms with Gasteiger partial charge in [0.05, 0.1) is 15.0 Å². The molecule has 21 heavy (non-hydrogen) atoms. The Hall–Kier alpha value is -1.98. The molecular weight excluding hydrogens is 315 g/mol. The zero-order chi connectivity index (χ0) is 15.4. The topological polar surface area (TPSA) is 64.4 Å². The molecule has 0 saturated carbocycles. The van der Waals surface area contributed by atoms with E-state index >= 15 is 0 Å². The van der Waals surface area contributed by atoms with Crippen LogP contribution in [0.15, 0.2) is 36.4 Å². The molecule has 2 aromatic carbocycles. The van der Waals surface area contributed by atoms with Crippen molar-refractivity contribution in [1.29, 1.82) is 0 Å². The second-order valence-corrected chi connectivity index (χ2v) is 5.01. The minimum atomic E-state index is -0.443. The standard InChI is InChI=1S/C14H12Cl2N2O3/c1-17-12-7-9(5-6-13(12)18(19)20)8-21-14-10(15)3-2-4-11(14)16/h2-7,17H,8H2,1H3. The van der Waals surface area contributed by atoms with Crippen molar-refractivity contribution in [2.75, 3.05) is 12.4 Å². The molecule has 0 heterocycles. The molecule has 0 aliphatic rings. The molecule has 2 aromatic rings. The molecule has 0 saturated heterocycles. The summed E-state index contributed by atoms with van der Waals surface area (Å²) in [4.78, 5) is 10.4. The van der Waals surface area contributed by atoms with Gasteiger partial charge in [-0.25, -0.2) is 0 Å². The van der Waals surface area contributed by atoms with E-state index in [9.17, 15) is 10.1 Å². The number of nitro groups is 1. The van der Waals surface area contributed by atoms with Crippen LogP contribution in [0.25, 0.3) is 0 Å². The van der Waals surface area contributed by atoms with Crippen molar-refractivity contribution >= 4 is 34.6 Å². The Morgan fingerprint density at radius 3 is 2.48 bits per heavy atom. The summed E-state index contributed by atoms with van der Waals surface area (Å²) >= 11 is 12.0. The van der Waals surface area contributed by atoms with Gasteiger partial charge in [-0.05, 0) is 29.8 Å². The summed E-state index contributed by atoms with van der Waals surface area (Å²) in [6, 6.07) is 9.79. The number of para-hydroxylation sites is 1. The smallest absolute Gasteiger partial charge is 0.292 e. The van der Waals surface area contributed by atoms with Crippen LogP contribution in [0.2, 0.25) is 10.0 Å². The Kier molecular flexibility index (Phi) is 4.88. The molecule has 0 amide bonds. The molecule has 0 aliphatic heterocycles. The van der Waals surface area contributed by atoms with Crippen LogP contribution in [-0.2, 0) is 6.61 Å². The highest BCUT2D eigenvalue weighted by Gasteiger charge is 2.13. The number of hydrogen-bond donors (Lipinski definition) is 1. The lowest BCUT2D eigenvalue weighted by Gasteiger charge is -2.11. The minimum absolute atomic E-state index is 0.0111. The molecule has 2 rings (SSSR count). The first-order valence-corrected chi connectivity index (χ1v) is 6.80. The fourth-order valence-electron chi connectivity index (χ4n) is 1.81. The van der Waals surface area contributed by atoms with E-state index in [1.54, 1.807) is 37.4 Å². The third-order valence-electron chi connectivity index (χ3n) is 2.83. The van der Waals surface area contributed by atoms with Crippen molar-refractivity contribution < 1.29 is 9.66 Å². The summed E-state index contributed by atoms with van der Waals surface area (Å²) in [5.41, 5.74) is 1.20. The van der Waals surface area contributed by atoms with Crippen molar-refractivity contribution in [2.45, 2.75) is 6.61 Å². The fraction of sp³-hybridized carbons (Fsp3) is 0.143. The Labute approximate surface area is 131 Å². The molecule has 7 heteroatoms. The molecule has 0 fully saturated rings. The van der Waals surface area contributed by atoms with Gasteiger partial charge in [0.15, 0.2) is 5.75 Å². The van der Waals surface area contributed by atoms with Crippen LogP contribution in [0.3, 0.4) is 0 Å². The molecular formula is C14H12Cl2N2O3. The summed E-state index contributed by atoms with van der Waals surface area (Å²) in [6.45, 7) is 0.204. The van der Waals surface area contributed by atoms with Crippen LogP contribution in [0.1, 0.15) is 5.56 Å². The first-order valence-electron chi connectivity index (χ1n) is 6.05. The Balaban J connectivity index is 2.19. The van der Waals surface area contributed by atoms with E-state index in [4.69, 9.17) is 27.9 Å². The normalized spacial score (nSPS) is 10.2. The van der Waals surface area contributed by atoms with E-state index in [1.165, 1.54) is 6.07 Å². The van der Waals surface area contributed by atoms with Crippen LogP contribution in [0, 0.1) is 10.1 Å². The van der Waals surface area contributed by atoms with Gasteiger partial charge in [0.1, 0.15) is 12.3 Å². The number of rotatable bonds is 5. The molecule has 0 bridgehead atoms. The average Bonchev–Trinajstić information content (AvgIpc) is 2.46. The number of anilines is 1. The van der Waals surface area contributed by atoms with Gasteiger partial charge in [0, 0.05) is 13.1 Å². The molecule has 1 N–H and O–H groups in total. The molecule has 0 spiro atoms. The predicted octanol–water partition coefficient (Wildman–Crippen LogP) is 4.52.